The quantitative estimate of drug-likeness (QED) is 0.577. The van der Waals surface area contributed by atoms with Crippen LogP contribution in [0.3, 0.4) is 0 Å². The molecule has 1 amide bonds. The molecule has 6 nitrogen and oxygen atoms in total. The molecule has 0 saturated heterocycles. The topological polar surface area (TPSA) is 76.7 Å². The number of carbonyl (C=O) groups is 1. The van der Waals surface area contributed by atoms with Gasteiger partial charge in [0, 0.05) is 11.6 Å². The zero-order chi connectivity index (χ0) is 16.9. The highest BCUT2D eigenvalue weighted by Gasteiger charge is 2.12. The monoisotopic (exact) mass is 323 g/mol. The lowest BCUT2D eigenvalue weighted by Crippen LogP contribution is -2.20. The highest BCUT2D eigenvalue weighted by atomic mass is 16.5. The van der Waals surface area contributed by atoms with Crippen LogP contribution in [0.15, 0.2) is 58.2 Å². The molecular formula is C18H17N3O3. The average molecular weight is 323 g/mol. The van der Waals surface area contributed by atoms with E-state index in [0.717, 1.165) is 5.39 Å². The molecule has 0 aliphatic carbocycles. The lowest BCUT2D eigenvalue weighted by molar-refractivity contribution is 0.0950. The molecule has 1 N–H and O–H groups in total. The molecule has 1 aromatic carbocycles. The van der Waals surface area contributed by atoms with E-state index in [2.05, 4.69) is 15.5 Å². The van der Waals surface area contributed by atoms with Crippen LogP contribution in [0.25, 0.3) is 11.0 Å². The van der Waals surface area contributed by atoms with Crippen LogP contribution in [0.5, 0.6) is 5.75 Å². The zero-order valence-electron chi connectivity index (χ0n) is 13.4. The van der Waals surface area contributed by atoms with Gasteiger partial charge in [0.2, 0.25) is 0 Å². The Morgan fingerprint density at radius 2 is 2.17 bits per heavy atom. The van der Waals surface area contributed by atoms with Crippen molar-refractivity contribution in [1.29, 1.82) is 0 Å². The van der Waals surface area contributed by atoms with Crippen LogP contribution < -0.4 is 10.2 Å². The molecule has 0 saturated carbocycles. The van der Waals surface area contributed by atoms with Crippen LogP contribution in [0, 0.1) is 0 Å². The van der Waals surface area contributed by atoms with Crippen molar-refractivity contribution in [3.05, 3.63) is 60.1 Å². The van der Waals surface area contributed by atoms with Gasteiger partial charge in [0.15, 0.2) is 17.1 Å². The summed E-state index contributed by atoms with van der Waals surface area (Å²) in [5.41, 5.74) is 4.00. The van der Waals surface area contributed by atoms with Crippen molar-refractivity contribution in [2.45, 2.75) is 13.8 Å². The normalized spacial score (nSPS) is 11.5. The Kier molecular flexibility index (Phi) is 4.56. The number of aromatic nitrogens is 1. The molecular weight excluding hydrogens is 306 g/mol. The number of hydrazone groups is 1. The minimum atomic E-state index is -0.374. The van der Waals surface area contributed by atoms with Gasteiger partial charge in [-0.1, -0.05) is 18.2 Å². The molecule has 0 aliphatic heterocycles. The Labute approximate surface area is 139 Å². The number of rotatable bonds is 5. The Morgan fingerprint density at radius 1 is 1.29 bits per heavy atom. The van der Waals surface area contributed by atoms with E-state index in [1.165, 1.54) is 0 Å². The number of nitrogens with one attached hydrogen (secondary N) is 1. The molecule has 3 aromatic rings. The van der Waals surface area contributed by atoms with E-state index in [9.17, 15) is 4.79 Å². The number of pyridine rings is 1. The molecule has 2 heterocycles. The molecule has 0 fully saturated rings. The first-order valence-corrected chi connectivity index (χ1v) is 7.60. The summed E-state index contributed by atoms with van der Waals surface area (Å²) in [4.78, 5) is 15.9. The van der Waals surface area contributed by atoms with Crippen LogP contribution in [-0.2, 0) is 0 Å². The molecule has 0 aliphatic rings. The van der Waals surface area contributed by atoms with Crippen LogP contribution in [-0.4, -0.2) is 23.2 Å². The molecule has 0 spiro atoms. The Bertz CT molecular complexity index is 885. The number of hydrogen-bond acceptors (Lipinski definition) is 5. The highest BCUT2D eigenvalue weighted by molar-refractivity contribution is 6.01. The molecule has 122 valence electrons. The van der Waals surface area contributed by atoms with Crippen LogP contribution in [0.2, 0.25) is 0 Å². The zero-order valence-corrected chi connectivity index (χ0v) is 13.4. The van der Waals surface area contributed by atoms with Crippen molar-refractivity contribution < 1.29 is 13.9 Å². The second-order valence-electron chi connectivity index (χ2n) is 5.07. The minimum Gasteiger partial charge on any atom is -0.490 e. The van der Waals surface area contributed by atoms with E-state index < -0.39 is 0 Å². The van der Waals surface area contributed by atoms with Crippen LogP contribution >= 0.6 is 0 Å². The fourth-order valence-corrected chi connectivity index (χ4v) is 2.23. The number of nitrogens with zero attached hydrogens (tertiary/aromatic N) is 2. The van der Waals surface area contributed by atoms with Crippen molar-refractivity contribution in [3.63, 3.8) is 0 Å². The van der Waals surface area contributed by atoms with Gasteiger partial charge >= 0.3 is 0 Å². The number of ether oxygens (including phenoxy) is 1. The third kappa shape index (κ3) is 3.27. The molecule has 0 radical (unpaired) electrons. The van der Waals surface area contributed by atoms with E-state index in [0.29, 0.717) is 35.1 Å². The SMILES string of the molecule is CCOc1cccc2cc(/C(C)=N\NC(=O)c3ccccn3)oc12. The third-order valence-electron chi connectivity index (χ3n) is 3.39. The fraction of sp³-hybridized carbons (Fsp3) is 0.167. The van der Waals surface area contributed by atoms with Crippen LogP contribution in [0.4, 0.5) is 0 Å². The number of hydrogen-bond donors (Lipinski definition) is 1. The summed E-state index contributed by atoms with van der Waals surface area (Å²) in [5, 5.41) is 5.00. The molecule has 2 aromatic heterocycles. The van der Waals surface area contributed by atoms with Gasteiger partial charge in [-0.15, -0.1) is 0 Å². The molecule has 0 bridgehead atoms. The van der Waals surface area contributed by atoms with Gasteiger partial charge in [-0.2, -0.15) is 5.10 Å². The predicted octanol–water partition coefficient (Wildman–Crippen LogP) is 3.38. The first-order chi connectivity index (χ1) is 11.7. The lowest BCUT2D eigenvalue weighted by Gasteiger charge is -2.02. The maximum atomic E-state index is 12.0. The highest BCUT2D eigenvalue weighted by Crippen LogP contribution is 2.29. The Hall–Kier alpha value is -3.15. The van der Waals surface area contributed by atoms with Gasteiger partial charge in [0.25, 0.3) is 5.91 Å². The van der Waals surface area contributed by atoms with Gasteiger partial charge < -0.3 is 9.15 Å². The Balaban J connectivity index is 1.82. The van der Waals surface area contributed by atoms with E-state index in [1.807, 2.05) is 31.2 Å². The second-order valence-corrected chi connectivity index (χ2v) is 5.07. The predicted molar refractivity (Wildman–Crippen MR) is 91.3 cm³/mol. The van der Waals surface area contributed by atoms with Crippen LogP contribution in [0.1, 0.15) is 30.1 Å². The van der Waals surface area contributed by atoms with Crippen molar-refractivity contribution in [3.8, 4) is 5.75 Å². The average Bonchev–Trinajstić information content (AvgIpc) is 3.06. The summed E-state index contributed by atoms with van der Waals surface area (Å²) in [6.07, 6.45) is 1.56. The lowest BCUT2D eigenvalue weighted by atomic mass is 10.2. The number of fused-ring (bicyclic) bond motifs is 1. The smallest absolute Gasteiger partial charge is 0.289 e. The van der Waals surface area contributed by atoms with E-state index in [4.69, 9.17) is 9.15 Å². The van der Waals surface area contributed by atoms with Gasteiger partial charge in [0.1, 0.15) is 11.4 Å². The number of para-hydroxylation sites is 1. The number of furan rings is 1. The summed E-state index contributed by atoms with van der Waals surface area (Å²) < 4.78 is 11.4. The first kappa shape index (κ1) is 15.7. The van der Waals surface area contributed by atoms with Crippen molar-refractivity contribution in [2.75, 3.05) is 6.61 Å². The maximum Gasteiger partial charge on any atom is 0.289 e. The first-order valence-electron chi connectivity index (χ1n) is 7.60. The van der Waals surface area contributed by atoms with Crippen molar-refractivity contribution in [2.24, 2.45) is 5.10 Å². The van der Waals surface area contributed by atoms with E-state index >= 15 is 0 Å². The molecule has 6 heteroatoms. The maximum absolute atomic E-state index is 12.0. The summed E-state index contributed by atoms with van der Waals surface area (Å²) in [7, 11) is 0. The Morgan fingerprint density at radius 3 is 2.92 bits per heavy atom. The van der Waals surface area contributed by atoms with Gasteiger partial charge in [-0.25, -0.2) is 5.43 Å². The second kappa shape index (κ2) is 6.95. The molecule has 3 rings (SSSR count). The largest absolute Gasteiger partial charge is 0.490 e. The van der Waals surface area contributed by atoms with Crippen molar-refractivity contribution in [1.82, 2.24) is 10.4 Å². The van der Waals surface area contributed by atoms with E-state index in [1.54, 1.807) is 31.3 Å². The number of benzene rings is 1. The summed E-state index contributed by atoms with van der Waals surface area (Å²) in [5.74, 6) is 0.881. The molecule has 0 atom stereocenters. The third-order valence-corrected chi connectivity index (χ3v) is 3.39. The number of carbonyl (C=O) groups excluding carboxylic acids is 1. The summed E-state index contributed by atoms with van der Waals surface area (Å²) in [6, 6.07) is 12.7. The summed E-state index contributed by atoms with van der Waals surface area (Å²) >= 11 is 0. The molecule has 0 unspecified atom stereocenters. The van der Waals surface area contributed by atoms with Crippen molar-refractivity contribution >= 4 is 22.6 Å². The van der Waals surface area contributed by atoms with Gasteiger partial charge in [-0.3, -0.25) is 9.78 Å². The van der Waals surface area contributed by atoms with Gasteiger partial charge in [0.05, 0.1) is 6.61 Å². The van der Waals surface area contributed by atoms with E-state index in [-0.39, 0.29) is 5.91 Å². The van der Waals surface area contributed by atoms with Gasteiger partial charge in [-0.05, 0) is 38.1 Å². The minimum absolute atomic E-state index is 0.303. The fourth-order valence-electron chi connectivity index (χ4n) is 2.23. The number of amides is 1. The molecule has 24 heavy (non-hydrogen) atoms. The standard InChI is InChI=1S/C18H17N3O3/c1-3-23-15-9-6-7-13-11-16(24-17(13)15)12(2)20-21-18(22)14-8-4-5-10-19-14/h4-11H,3H2,1-2H3,(H,21,22)/b20-12-. The summed E-state index contributed by atoms with van der Waals surface area (Å²) in [6.45, 7) is 4.24.